The summed E-state index contributed by atoms with van der Waals surface area (Å²) in [7, 11) is 0. The Kier molecular flexibility index (Phi) is 5.34. The third-order valence-corrected chi connectivity index (χ3v) is 4.42. The molecule has 1 N–H and O–H groups in total. The van der Waals surface area contributed by atoms with Gasteiger partial charge in [-0.2, -0.15) is 15.0 Å². The molecule has 0 saturated carbocycles. The van der Waals surface area contributed by atoms with Gasteiger partial charge >= 0.3 is 0 Å². The summed E-state index contributed by atoms with van der Waals surface area (Å²) >= 11 is 0. The highest BCUT2D eigenvalue weighted by Crippen LogP contribution is 2.28. The molecule has 0 aliphatic rings. The van der Waals surface area contributed by atoms with Crippen LogP contribution in [0.15, 0.2) is 36.9 Å². The van der Waals surface area contributed by atoms with Gasteiger partial charge in [-0.1, -0.05) is 5.21 Å². The number of pyridine rings is 2. The molecule has 0 fully saturated rings. The number of nitriles is 1. The van der Waals surface area contributed by atoms with Crippen LogP contribution in [-0.4, -0.2) is 47.5 Å². The molecule has 0 bridgehead atoms. The molecule has 30 heavy (non-hydrogen) atoms. The molecule has 152 valence electrons. The summed E-state index contributed by atoms with van der Waals surface area (Å²) in [5.74, 6) is 0.582. The zero-order valence-corrected chi connectivity index (χ0v) is 16.6. The fourth-order valence-electron chi connectivity index (χ4n) is 3.10. The van der Waals surface area contributed by atoms with Crippen LogP contribution in [0, 0.1) is 11.3 Å². The first kappa shape index (κ1) is 19.4. The van der Waals surface area contributed by atoms with Crippen LogP contribution < -0.4 is 5.32 Å². The van der Waals surface area contributed by atoms with Gasteiger partial charge < -0.3 is 5.32 Å². The predicted molar refractivity (Wildman–Crippen MR) is 110 cm³/mol. The standard InChI is InChI=1S/C20H20FN9/c1-13(2)26-17-7-19(30-20-15(10-25-30)6-14(8-22)9-24-20)23-11-16(17)18-12-29(28-27-18)5-3-4-21/h6-7,9-13H,3-5H2,1-2H3,(H,23,26). The second-order valence-electron chi connectivity index (χ2n) is 7.10. The maximum atomic E-state index is 12.4. The van der Waals surface area contributed by atoms with Crippen molar-refractivity contribution in [2.24, 2.45) is 0 Å². The van der Waals surface area contributed by atoms with Crippen molar-refractivity contribution in [3.63, 3.8) is 0 Å². The smallest absolute Gasteiger partial charge is 0.164 e. The highest BCUT2D eigenvalue weighted by atomic mass is 19.1. The molecule has 4 aromatic rings. The first-order valence-corrected chi connectivity index (χ1v) is 9.56. The molecule has 0 aliphatic carbocycles. The first-order valence-electron chi connectivity index (χ1n) is 9.56. The van der Waals surface area contributed by atoms with E-state index in [1.807, 2.05) is 19.9 Å². The highest BCUT2D eigenvalue weighted by Gasteiger charge is 2.15. The second-order valence-corrected chi connectivity index (χ2v) is 7.10. The van der Waals surface area contributed by atoms with Gasteiger partial charge in [0.05, 0.1) is 24.6 Å². The van der Waals surface area contributed by atoms with Gasteiger partial charge in [0.2, 0.25) is 0 Å². The summed E-state index contributed by atoms with van der Waals surface area (Å²) in [5, 5.41) is 25.9. The number of anilines is 1. The summed E-state index contributed by atoms with van der Waals surface area (Å²) in [6, 6.07) is 5.87. The van der Waals surface area contributed by atoms with Crippen molar-refractivity contribution in [1.82, 2.24) is 34.7 Å². The Hall–Kier alpha value is -3.87. The van der Waals surface area contributed by atoms with E-state index < -0.39 is 6.67 Å². The third-order valence-electron chi connectivity index (χ3n) is 4.42. The van der Waals surface area contributed by atoms with Gasteiger partial charge in [-0.3, -0.25) is 9.07 Å². The minimum absolute atomic E-state index is 0.172. The Balaban J connectivity index is 1.75. The minimum atomic E-state index is -0.396. The Labute approximate surface area is 172 Å². The molecule has 0 aliphatic heterocycles. The summed E-state index contributed by atoms with van der Waals surface area (Å²) in [6.07, 6.45) is 7.06. The number of aryl methyl sites for hydroxylation is 1. The van der Waals surface area contributed by atoms with Gasteiger partial charge in [0, 0.05) is 47.7 Å². The Morgan fingerprint density at radius 1 is 1.20 bits per heavy atom. The first-order chi connectivity index (χ1) is 14.6. The van der Waals surface area contributed by atoms with E-state index in [1.54, 1.807) is 34.0 Å². The molecule has 10 heteroatoms. The lowest BCUT2D eigenvalue weighted by molar-refractivity contribution is 0.431. The van der Waals surface area contributed by atoms with E-state index >= 15 is 0 Å². The van der Waals surface area contributed by atoms with E-state index in [4.69, 9.17) is 5.26 Å². The number of halogens is 1. The van der Waals surface area contributed by atoms with Crippen molar-refractivity contribution in [1.29, 1.82) is 5.26 Å². The van der Waals surface area contributed by atoms with E-state index in [-0.39, 0.29) is 6.04 Å². The number of hydrogen-bond donors (Lipinski definition) is 1. The lowest BCUT2D eigenvalue weighted by Gasteiger charge is -2.14. The van der Waals surface area contributed by atoms with Gasteiger partial charge in [-0.15, -0.1) is 5.10 Å². The predicted octanol–water partition coefficient (Wildman–Crippen LogP) is 3.13. The van der Waals surface area contributed by atoms with Crippen molar-refractivity contribution in [3.05, 3.63) is 42.5 Å². The topological polar surface area (TPSA) is 110 Å². The van der Waals surface area contributed by atoms with E-state index in [1.165, 1.54) is 6.20 Å². The molecule has 4 heterocycles. The Morgan fingerprint density at radius 2 is 2.07 bits per heavy atom. The van der Waals surface area contributed by atoms with Gasteiger partial charge in [-0.25, -0.2) is 9.97 Å². The molecule has 0 unspecified atom stereocenters. The Morgan fingerprint density at radius 3 is 2.83 bits per heavy atom. The second kappa shape index (κ2) is 8.24. The normalized spacial score (nSPS) is 11.2. The summed E-state index contributed by atoms with van der Waals surface area (Å²) in [5.41, 5.74) is 3.35. The molecular formula is C20H20FN9. The molecule has 4 aromatic heterocycles. The molecule has 0 spiro atoms. The number of hydrogen-bond acceptors (Lipinski definition) is 7. The number of rotatable bonds is 7. The van der Waals surface area contributed by atoms with Crippen LogP contribution in [0.25, 0.3) is 28.1 Å². The van der Waals surface area contributed by atoms with Crippen LogP contribution in [0.3, 0.4) is 0 Å². The maximum absolute atomic E-state index is 12.4. The SMILES string of the molecule is CC(C)Nc1cc(-n2ncc3cc(C#N)cnc32)ncc1-c1cn(CCCF)nn1. The molecule has 0 saturated heterocycles. The van der Waals surface area contributed by atoms with E-state index in [9.17, 15) is 4.39 Å². The largest absolute Gasteiger partial charge is 0.382 e. The van der Waals surface area contributed by atoms with Crippen LogP contribution in [0.4, 0.5) is 10.1 Å². The van der Waals surface area contributed by atoms with Gasteiger partial charge in [-0.05, 0) is 26.3 Å². The van der Waals surface area contributed by atoms with Crippen LogP contribution in [-0.2, 0) is 6.54 Å². The minimum Gasteiger partial charge on any atom is -0.382 e. The van der Waals surface area contributed by atoms with Gasteiger partial charge in [0.25, 0.3) is 0 Å². The number of aromatic nitrogens is 7. The van der Waals surface area contributed by atoms with E-state index in [2.05, 4.69) is 36.8 Å². The van der Waals surface area contributed by atoms with E-state index in [0.29, 0.717) is 35.7 Å². The number of nitrogens with zero attached hydrogens (tertiary/aromatic N) is 8. The lowest BCUT2D eigenvalue weighted by Crippen LogP contribution is -2.12. The van der Waals surface area contributed by atoms with Gasteiger partial charge in [0.15, 0.2) is 11.5 Å². The monoisotopic (exact) mass is 405 g/mol. The number of alkyl halides is 1. The van der Waals surface area contributed by atoms with Crippen molar-refractivity contribution in [3.8, 4) is 23.1 Å². The molecule has 0 amide bonds. The lowest BCUT2D eigenvalue weighted by atomic mass is 10.1. The number of nitrogens with one attached hydrogen (secondary N) is 1. The molecule has 0 atom stereocenters. The van der Waals surface area contributed by atoms with Crippen LogP contribution in [0.5, 0.6) is 0 Å². The average Bonchev–Trinajstić information content (AvgIpc) is 3.38. The third kappa shape index (κ3) is 3.82. The molecule has 0 radical (unpaired) electrons. The van der Waals surface area contributed by atoms with Crippen molar-refractivity contribution in [2.45, 2.75) is 32.9 Å². The Bertz CT molecular complexity index is 1220. The fourth-order valence-corrected chi connectivity index (χ4v) is 3.10. The van der Waals surface area contributed by atoms with Crippen molar-refractivity contribution >= 4 is 16.7 Å². The average molecular weight is 405 g/mol. The number of fused-ring (bicyclic) bond motifs is 1. The van der Waals surface area contributed by atoms with Crippen LogP contribution in [0.2, 0.25) is 0 Å². The zero-order chi connectivity index (χ0) is 21.1. The quantitative estimate of drug-likeness (QED) is 0.503. The van der Waals surface area contributed by atoms with Crippen molar-refractivity contribution < 1.29 is 4.39 Å². The fraction of sp³-hybridized carbons (Fsp3) is 0.300. The summed E-state index contributed by atoms with van der Waals surface area (Å²) in [6.45, 7) is 4.15. The highest BCUT2D eigenvalue weighted by molar-refractivity contribution is 5.79. The van der Waals surface area contributed by atoms with Crippen LogP contribution in [0.1, 0.15) is 25.8 Å². The van der Waals surface area contributed by atoms with Crippen LogP contribution >= 0.6 is 0 Å². The van der Waals surface area contributed by atoms with Crippen molar-refractivity contribution in [2.75, 3.05) is 12.0 Å². The van der Waals surface area contributed by atoms with E-state index in [0.717, 1.165) is 16.6 Å². The maximum Gasteiger partial charge on any atom is 0.164 e. The molecular weight excluding hydrogens is 385 g/mol. The summed E-state index contributed by atoms with van der Waals surface area (Å²) < 4.78 is 15.7. The molecule has 9 nitrogen and oxygen atoms in total. The molecule has 0 aromatic carbocycles. The zero-order valence-electron chi connectivity index (χ0n) is 16.6. The molecule has 4 rings (SSSR count). The summed E-state index contributed by atoms with van der Waals surface area (Å²) in [4.78, 5) is 8.90. The van der Waals surface area contributed by atoms with Gasteiger partial charge in [0.1, 0.15) is 11.8 Å².